The van der Waals surface area contributed by atoms with E-state index in [1.165, 1.54) is 0 Å². The average molecular weight is 255 g/mol. The van der Waals surface area contributed by atoms with Crippen LogP contribution in [0.1, 0.15) is 18.2 Å². The van der Waals surface area contributed by atoms with E-state index >= 15 is 0 Å². The van der Waals surface area contributed by atoms with Gasteiger partial charge in [0.15, 0.2) is 0 Å². The van der Waals surface area contributed by atoms with Crippen LogP contribution in [-0.4, -0.2) is 4.98 Å². The number of nitrogens with zero attached hydrogens (tertiary/aromatic N) is 1. The van der Waals surface area contributed by atoms with Gasteiger partial charge in [0.2, 0.25) is 0 Å². The molecule has 2 aromatic rings. The van der Waals surface area contributed by atoms with Gasteiger partial charge in [-0.15, -0.1) is 0 Å². The highest BCUT2D eigenvalue weighted by molar-refractivity contribution is 5.93. The van der Waals surface area contributed by atoms with E-state index in [0.717, 1.165) is 11.6 Å². The third kappa shape index (κ3) is 2.11. The first-order valence-electron chi connectivity index (χ1n) is 5.43. The van der Waals surface area contributed by atoms with Crippen LogP contribution in [-0.2, 0) is 12.6 Å². The number of aryl methyl sites for hydroxylation is 1. The molecule has 1 heterocycles. The Hall–Kier alpha value is -1.82. The molecule has 3 nitrogen and oxygen atoms in total. The molecule has 0 bridgehead atoms. The second-order valence-corrected chi connectivity index (χ2v) is 3.86. The van der Waals surface area contributed by atoms with Crippen LogP contribution < -0.4 is 11.3 Å². The number of rotatable bonds is 2. The maximum atomic E-state index is 12.7. The molecule has 0 aliphatic rings. The molecule has 0 fully saturated rings. The molecule has 0 aliphatic carbocycles. The van der Waals surface area contributed by atoms with Crippen LogP contribution in [0, 0.1) is 0 Å². The standard InChI is InChI=1S/C12H12F3N3/c1-2-7-4-3-5-8-9(18-16)6-10(12(13,14)15)17-11(7)8/h3-6H,2,16H2,1H3,(H,17,18). The number of para-hydroxylation sites is 1. The van der Waals surface area contributed by atoms with E-state index in [1.54, 1.807) is 18.2 Å². The largest absolute Gasteiger partial charge is 0.433 e. The Balaban J connectivity index is 2.80. The maximum absolute atomic E-state index is 12.7. The van der Waals surface area contributed by atoms with Gasteiger partial charge in [0.05, 0.1) is 11.2 Å². The minimum Gasteiger partial charge on any atom is -0.323 e. The van der Waals surface area contributed by atoms with Crippen LogP contribution in [0.2, 0.25) is 0 Å². The zero-order valence-electron chi connectivity index (χ0n) is 9.67. The smallest absolute Gasteiger partial charge is 0.323 e. The van der Waals surface area contributed by atoms with E-state index in [1.807, 2.05) is 6.92 Å². The number of anilines is 1. The van der Waals surface area contributed by atoms with E-state index in [4.69, 9.17) is 5.84 Å². The molecule has 0 spiro atoms. The summed E-state index contributed by atoms with van der Waals surface area (Å²) in [4.78, 5) is 3.71. The Bertz CT molecular complexity index is 579. The summed E-state index contributed by atoms with van der Waals surface area (Å²) < 4.78 is 38.2. The van der Waals surface area contributed by atoms with Crippen molar-refractivity contribution in [2.75, 3.05) is 5.43 Å². The molecule has 96 valence electrons. The first-order valence-corrected chi connectivity index (χ1v) is 5.43. The van der Waals surface area contributed by atoms with Gasteiger partial charge in [-0.2, -0.15) is 13.2 Å². The summed E-state index contributed by atoms with van der Waals surface area (Å²) in [5, 5.41) is 0.588. The number of hydrogen-bond acceptors (Lipinski definition) is 3. The lowest BCUT2D eigenvalue weighted by Gasteiger charge is -2.13. The molecule has 0 saturated heterocycles. The van der Waals surface area contributed by atoms with Crippen LogP contribution in [0.3, 0.4) is 0 Å². The maximum Gasteiger partial charge on any atom is 0.433 e. The summed E-state index contributed by atoms with van der Waals surface area (Å²) in [6, 6.07) is 6.14. The Morgan fingerprint density at radius 1 is 1.33 bits per heavy atom. The van der Waals surface area contributed by atoms with E-state index in [-0.39, 0.29) is 5.69 Å². The van der Waals surface area contributed by atoms with Gasteiger partial charge in [0.1, 0.15) is 5.69 Å². The fourth-order valence-electron chi connectivity index (χ4n) is 1.86. The van der Waals surface area contributed by atoms with Crippen molar-refractivity contribution in [3.05, 3.63) is 35.5 Å². The third-order valence-electron chi connectivity index (χ3n) is 2.75. The van der Waals surface area contributed by atoms with Gasteiger partial charge < -0.3 is 5.43 Å². The highest BCUT2D eigenvalue weighted by Gasteiger charge is 2.33. The lowest BCUT2D eigenvalue weighted by Crippen LogP contribution is -2.13. The van der Waals surface area contributed by atoms with Gasteiger partial charge in [0, 0.05) is 5.39 Å². The summed E-state index contributed by atoms with van der Waals surface area (Å²) in [6.45, 7) is 1.87. The molecule has 0 atom stereocenters. The quantitative estimate of drug-likeness (QED) is 0.640. The molecule has 0 amide bonds. The topological polar surface area (TPSA) is 50.9 Å². The molecule has 0 unspecified atom stereocenters. The van der Waals surface area contributed by atoms with Crippen LogP contribution in [0.15, 0.2) is 24.3 Å². The number of hydrogen-bond donors (Lipinski definition) is 2. The monoisotopic (exact) mass is 255 g/mol. The van der Waals surface area contributed by atoms with Gasteiger partial charge >= 0.3 is 6.18 Å². The zero-order chi connectivity index (χ0) is 13.3. The predicted molar refractivity (Wildman–Crippen MR) is 63.9 cm³/mol. The molecule has 6 heteroatoms. The number of fused-ring (bicyclic) bond motifs is 1. The first kappa shape index (κ1) is 12.6. The molecule has 0 aliphatic heterocycles. The Morgan fingerprint density at radius 3 is 2.61 bits per heavy atom. The van der Waals surface area contributed by atoms with Crippen LogP contribution >= 0.6 is 0 Å². The number of aromatic nitrogens is 1. The number of nitrogen functional groups attached to an aromatic ring is 1. The van der Waals surface area contributed by atoms with Crippen molar-refractivity contribution < 1.29 is 13.2 Å². The highest BCUT2D eigenvalue weighted by atomic mass is 19.4. The van der Waals surface area contributed by atoms with Crippen molar-refractivity contribution in [3.8, 4) is 0 Å². The van der Waals surface area contributed by atoms with Crippen molar-refractivity contribution in [2.24, 2.45) is 5.84 Å². The van der Waals surface area contributed by atoms with Crippen molar-refractivity contribution in [1.82, 2.24) is 4.98 Å². The highest BCUT2D eigenvalue weighted by Crippen LogP contribution is 2.33. The van der Waals surface area contributed by atoms with Crippen molar-refractivity contribution in [2.45, 2.75) is 19.5 Å². The summed E-state index contributed by atoms with van der Waals surface area (Å²) >= 11 is 0. The number of benzene rings is 1. The number of alkyl halides is 3. The van der Waals surface area contributed by atoms with Crippen molar-refractivity contribution in [1.29, 1.82) is 0 Å². The fourth-order valence-corrected chi connectivity index (χ4v) is 1.86. The van der Waals surface area contributed by atoms with Crippen LogP contribution in [0.25, 0.3) is 10.9 Å². The molecule has 1 aromatic carbocycles. The Kier molecular flexibility index (Phi) is 3.13. The average Bonchev–Trinajstić information content (AvgIpc) is 2.35. The molecular formula is C12H12F3N3. The van der Waals surface area contributed by atoms with Crippen LogP contribution in [0.4, 0.5) is 18.9 Å². The lowest BCUT2D eigenvalue weighted by atomic mass is 10.1. The zero-order valence-corrected chi connectivity index (χ0v) is 9.67. The van der Waals surface area contributed by atoms with Gasteiger partial charge in [-0.25, -0.2) is 4.98 Å². The van der Waals surface area contributed by atoms with Gasteiger partial charge in [-0.3, -0.25) is 5.84 Å². The molecule has 0 radical (unpaired) electrons. The molecular weight excluding hydrogens is 243 g/mol. The van der Waals surface area contributed by atoms with Gasteiger partial charge in [-0.05, 0) is 18.1 Å². The Morgan fingerprint density at radius 2 is 2.06 bits per heavy atom. The summed E-state index contributed by atoms with van der Waals surface area (Å²) in [5.74, 6) is 5.27. The number of pyridine rings is 1. The molecule has 1 aromatic heterocycles. The van der Waals surface area contributed by atoms with E-state index in [9.17, 15) is 13.2 Å². The fraction of sp³-hybridized carbons (Fsp3) is 0.250. The summed E-state index contributed by atoms with van der Waals surface area (Å²) in [6.07, 6.45) is -3.88. The first-order chi connectivity index (χ1) is 8.47. The van der Waals surface area contributed by atoms with E-state index in [2.05, 4.69) is 10.4 Å². The minimum atomic E-state index is -4.49. The number of halogens is 3. The summed E-state index contributed by atoms with van der Waals surface area (Å²) in [5.41, 5.74) is 2.67. The minimum absolute atomic E-state index is 0.225. The number of hydrazine groups is 1. The molecule has 3 N–H and O–H groups in total. The molecule has 0 saturated carbocycles. The summed E-state index contributed by atoms with van der Waals surface area (Å²) in [7, 11) is 0. The van der Waals surface area contributed by atoms with E-state index in [0.29, 0.717) is 17.3 Å². The number of nitrogens with two attached hydrogens (primary N) is 1. The third-order valence-corrected chi connectivity index (χ3v) is 2.75. The molecule has 2 rings (SSSR count). The second kappa shape index (κ2) is 4.45. The second-order valence-electron chi connectivity index (χ2n) is 3.86. The van der Waals surface area contributed by atoms with E-state index < -0.39 is 11.9 Å². The van der Waals surface area contributed by atoms with Gasteiger partial charge in [-0.1, -0.05) is 25.1 Å². The van der Waals surface area contributed by atoms with Crippen LogP contribution in [0.5, 0.6) is 0 Å². The number of nitrogens with one attached hydrogen (secondary N) is 1. The predicted octanol–water partition coefficient (Wildman–Crippen LogP) is 3.10. The van der Waals surface area contributed by atoms with Gasteiger partial charge in [0.25, 0.3) is 0 Å². The SMILES string of the molecule is CCc1cccc2c(NN)cc(C(F)(F)F)nc12. The van der Waals surface area contributed by atoms with Crippen molar-refractivity contribution >= 4 is 16.6 Å². The lowest BCUT2D eigenvalue weighted by molar-refractivity contribution is -0.140. The molecule has 18 heavy (non-hydrogen) atoms. The van der Waals surface area contributed by atoms with Crippen molar-refractivity contribution in [3.63, 3.8) is 0 Å². The normalized spacial score (nSPS) is 11.8. The Labute approximate surface area is 102 Å².